The molecule has 0 amide bonds. The van der Waals surface area contributed by atoms with Crippen molar-refractivity contribution in [2.24, 2.45) is 11.8 Å². The first-order valence-electron chi connectivity index (χ1n) is 7.13. The summed E-state index contributed by atoms with van der Waals surface area (Å²) in [5.74, 6) is 1.25. The van der Waals surface area contributed by atoms with Gasteiger partial charge in [0.15, 0.2) is 0 Å². The van der Waals surface area contributed by atoms with Gasteiger partial charge in [-0.2, -0.15) is 0 Å². The molecule has 2 rings (SSSR count). The van der Waals surface area contributed by atoms with E-state index in [1.807, 2.05) is 0 Å². The lowest BCUT2D eigenvalue weighted by molar-refractivity contribution is 0.270. The fourth-order valence-corrected chi connectivity index (χ4v) is 4.29. The molecular formula is C14H21ClN2O2S. The number of nitrogens with one attached hydrogen (secondary N) is 1. The summed E-state index contributed by atoms with van der Waals surface area (Å²) in [5.41, 5.74) is 0. The van der Waals surface area contributed by atoms with E-state index in [0.29, 0.717) is 12.5 Å². The molecule has 6 heteroatoms. The fraction of sp³-hybridized carbons (Fsp3) is 0.643. The zero-order valence-electron chi connectivity index (χ0n) is 11.7. The molecule has 1 saturated carbocycles. The lowest BCUT2D eigenvalue weighted by Gasteiger charge is -2.27. The number of pyridine rings is 1. The number of halogens is 1. The number of rotatable bonds is 5. The molecule has 1 N–H and O–H groups in total. The second-order valence-corrected chi connectivity index (χ2v) is 7.53. The van der Waals surface area contributed by atoms with Gasteiger partial charge in [0.25, 0.3) is 0 Å². The van der Waals surface area contributed by atoms with Crippen LogP contribution in [0.15, 0.2) is 23.2 Å². The summed E-state index contributed by atoms with van der Waals surface area (Å²) >= 11 is 5.84. The van der Waals surface area contributed by atoms with Crippen LogP contribution in [0.2, 0.25) is 5.15 Å². The molecule has 1 heterocycles. The third kappa shape index (κ3) is 3.93. The van der Waals surface area contributed by atoms with Crippen LogP contribution < -0.4 is 4.72 Å². The Bertz CT molecular complexity index is 540. The summed E-state index contributed by atoms with van der Waals surface area (Å²) in [6, 6.07) is 3.05. The van der Waals surface area contributed by atoms with Gasteiger partial charge in [-0.1, -0.05) is 37.8 Å². The minimum atomic E-state index is -3.55. The molecule has 0 radical (unpaired) electrons. The number of sulfonamides is 1. The largest absolute Gasteiger partial charge is 0.243 e. The first kappa shape index (κ1) is 15.7. The van der Waals surface area contributed by atoms with Crippen LogP contribution in [0.5, 0.6) is 0 Å². The van der Waals surface area contributed by atoms with E-state index in [0.717, 1.165) is 18.8 Å². The molecule has 0 atom stereocenters. The summed E-state index contributed by atoms with van der Waals surface area (Å²) in [5, 5.41) is 0.0229. The lowest BCUT2D eigenvalue weighted by atomic mass is 9.81. The van der Waals surface area contributed by atoms with Crippen LogP contribution in [0, 0.1) is 11.8 Å². The van der Waals surface area contributed by atoms with Gasteiger partial charge in [0.2, 0.25) is 10.0 Å². The average Bonchev–Trinajstić information content (AvgIpc) is 2.46. The molecule has 20 heavy (non-hydrogen) atoms. The Morgan fingerprint density at radius 3 is 2.55 bits per heavy atom. The predicted octanol–water partition coefficient (Wildman–Crippen LogP) is 3.23. The lowest BCUT2D eigenvalue weighted by Crippen LogP contribution is -2.31. The topological polar surface area (TPSA) is 59.1 Å². The van der Waals surface area contributed by atoms with E-state index in [4.69, 9.17) is 11.6 Å². The van der Waals surface area contributed by atoms with Gasteiger partial charge in [-0.05, 0) is 36.8 Å². The van der Waals surface area contributed by atoms with Gasteiger partial charge >= 0.3 is 0 Å². The van der Waals surface area contributed by atoms with Crippen LogP contribution in [0.25, 0.3) is 0 Å². The van der Waals surface area contributed by atoms with Crippen LogP contribution in [0.4, 0.5) is 0 Å². The Morgan fingerprint density at radius 2 is 1.95 bits per heavy atom. The predicted molar refractivity (Wildman–Crippen MR) is 80.2 cm³/mol. The second kappa shape index (κ2) is 6.87. The maximum absolute atomic E-state index is 12.2. The average molecular weight is 317 g/mol. The number of hydrogen-bond donors (Lipinski definition) is 1. The highest BCUT2D eigenvalue weighted by atomic mass is 35.5. The van der Waals surface area contributed by atoms with Gasteiger partial charge in [0.05, 0.1) is 0 Å². The van der Waals surface area contributed by atoms with Crippen molar-refractivity contribution in [3.63, 3.8) is 0 Å². The van der Waals surface area contributed by atoms with Gasteiger partial charge in [-0.25, -0.2) is 18.1 Å². The summed E-state index contributed by atoms with van der Waals surface area (Å²) in [4.78, 5) is 3.87. The smallest absolute Gasteiger partial charge is 0.243 e. The Balaban J connectivity index is 1.92. The Morgan fingerprint density at radius 1 is 1.30 bits per heavy atom. The second-order valence-electron chi connectivity index (χ2n) is 5.44. The Labute approximate surface area is 126 Å². The minimum absolute atomic E-state index is 0.0229. The molecule has 0 saturated heterocycles. The van der Waals surface area contributed by atoms with Gasteiger partial charge in [0, 0.05) is 12.7 Å². The van der Waals surface area contributed by atoms with Crippen molar-refractivity contribution in [1.82, 2.24) is 9.71 Å². The van der Waals surface area contributed by atoms with Crippen LogP contribution in [-0.4, -0.2) is 19.9 Å². The van der Waals surface area contributed by atoms with Crippen molar-refractivity contribution < 1.29 is 8.42 Å². The summed E-state index contributed by atoms with van der Waals surface area (Å²) in [6.45, 7) is 2.71. The first-order chi connectivity index (χ1) is 9.53. The standard InChI is InChI=1S/C14H21ClN2O2S/c1-2-11-5-7-12(8-6-11)10-17-20(18,19)13-4-3-9-16-14(13)15/h3-4,9,11-12,17H,2,5-8,10H2,1H3. The molecule has 1 aromatic rings. The summed E-state index contributed by atoms with van der Waals surface area (Å²) < 4.78 is 27.0. The third-order valence-corrected chi connectivity index (χ3v) is 5.99. The molecule has 1 aliphatic carbocycles. The van der Waals surface area contributed by atoms with Gasteiger partial charge in [-0.15, -0.1) is 0 Å². The highest BCUT2D eigenvalue weighted by molar-refractivity contribution is 7.89. The monoisotopic (exact) mass is 316 g/mol. The molecule has 4 nitrogen and oxygen atoms in total. The van der Waals surface area contributed by atoms with Crippen molar-refractivity contribution in [2.45, 2.75) is 43.9 Å². The van der Waals surface area contributed by atoms with Crippen LogP contribution in [0.1, 0.15) is 39.0 Å². The molecule has 1 aromatic heterocycles. The molecule has 0 aromatic carbocycles. The molecule has 1 fully saturated rings. The SMILES string of the molecule is CCC1CCC(CNS(=O)(=O)c2cccnc2Cl)CC1. The fourth-order valence-electron chi connectivity index (χ4n) is 2.72. The molecule has 0 unspecified atom stereocenters. The van der Waals surface area contributed by atoms with Gasteiger partial charge in [-0.3, -0.25) is 0 Å². The maximum Gasteiger partial charge on any atom is 0.243 e. The van der Waals surface area contributed by atoms with Crippen LogP contribution >= 0.6 is 11.6 Å². The van der Waals surface area contributed by atoms with Crippen molar-refractivity contribution in [3.8, 4) is 0 Å². The third-order valence-electron chi connectivity index (χ3n) is 4.12. The van der Waals surface area contributed by atoms with Crippen molar-refractivity contribution in [1.29, 1.82) is 0 Å². The maximum atomic E-state index is 12.2. The van der Waals surface area contributed by atoms with E-state index in [1.54, 1.807) is 6.07 Å². The molecule has 0 bridgehead atoms. The van der Waals surface area contributed by atoms with E-state index < -0.39 is 10.0 Å². The van der Waals surface area contributed by atoms with Crippen molar-refractivity contribution in [2.75, 3.05) is 6.54 Å². The molecule has 0 spiro atoms. The van der Waals surface area contributed by atoms with E-state index in [9.17, 15) is 8.42 Å². The van der Waals surface area contributed by atoms with Gasteiger partial charge in [0.1, 0.15) is 10.0 Å². The molecule has 112 valence electrons. The highest BCUT2D eigenvalue weighted by Crippen LogP contribution is 2.30. The minimum Gasteiger partial charge on any atom is -0.243 e. The van der Waals surface area contributed by atoms with Crippen molar-refractivity contribution >= 4 is 21.6 Å². The summed E-state index contributed by atoms with van der Waals surface area (Å²) in [7, 11) is -3.55. The summed E-state index contributed by atoms with van der Waals surface area (Å²) in [6.07, 6.45) is 7.31. The van der Waals surface area contributed by atoms with Crippen LogP contribution in [0.3, 0.4) is 0 Å². The quantitative estimate of drug-likeness (QED) is 0.848. The van der Waals surface area contributed by atoms with Crippen molar-refractivity contribution in [3.05, 3.63) is 23.5 Å². The zero-order valence-corrected chi connectivity index (χ0v) is 13.3. The number of aromatic nitrogens is 1. The van der Waals surface area contributed by atoms with E-state index in [2.05, 4.69) is 16.6 Å². The van der Waals surface area contributed by atoms with E-state index in [-0.39, 0.29) is 10.0 Å². The molecular weight excluding hydrogens is 296 g/mol. The highest BCUT2D eigenvalue weighted by Gasteiger charge is 2.23. The molecule has 1 aliphatic rings. The molecule has 0 aliphatic heterocycles. The van der Waals surface area contributed by atoms with Crippen LogP contribution in [-0.2, 0) is 10.0 Å². The van der Waals surface area contributed by atoms with Gasteiger partial charge < -0.3 is 0 Å². The Kier molecular flexibility index (Phi) is 5.41. The van der Waals surface area contributed by atoms with E-state index in [1.165, 1.54) is 31.5 Å². The number of hydrogen-bond acceptors (Lipinski definition) is 3. The van der Waals surface area contributed by atoms with E-state index >= 15 is 0 Å². The number of nitrogens with zero attached hydrogens (tertiary/aromatic N) is 1. The Hall–Kier alpha value is -0.650. The first-order valence-corrected chi connectivity index (χ1v) is 8.99. The zero-order chi connectivity index (χ0) is 14.6. The normalized spacial score (nSPS) is 23.7.